The second-order valence-corrected chi connectivity index (χ2v) is 3.79. The smallest absolute Gasteiger partial charge is 0.255 e. The van der Waals surface area contributed by atoms with E-state index in [1.807, 2.05) is 38.1 Å². The Kier molecular flexibility index (Phi) is 2.42. The number of aromatic nitrogens is 1. The van der Waals surface area contributed by atoms with Gasteiger partial charge in [0.25, 0.3) is 5.56 Å². The zero-order chi connectivity index (χ0) is 10.8. The zero-order valence-electron chi connectivity index (χ0n) is 8.87. The summed E-state index contributed by atoms with van der Waals surface area (Å²) in [5.74, 6) is 0. The number of hydrogen-bond donors (Lipinski definition) is 1. The van der Waals surface area contributed by atoms with Gasteiger partial charge in [0.05, 0.1) is 0 Å². The van der Waals surface area contributed by atoms with Gasteiger partial charge >= 0.3 is 0 Å². The summed E-state index contributed by atoms with van der Waals surface area (Å²) in [6, 6.07) is 9.83. The molecule has 0 spiro atoms. The van der Waals surface area contributed by atoms with Crippen molar-refractivity contribution < 1.29 is 0 Å². The number of benzene rings is 1. The van der Waals surface area contributed by atoms with Crippen LogP contribution >= 0.6 is 0 Å². The maximum absolute atomic E-state index is 11.6. The predicted molar refractivity (Wildman–Crippen MR) is 62.0 cm³/mol. The number of pyridine rings is 1. The van der Waals surface area contributed by atoms with Gasteiger partial charge in [0.2, 0.25) is 0 Å². The summed E-state index contributed by atoms with van der Waals surface area (Å²) in [7, 11) is 0. The van der Waals surface area contributed by atoms with E-state index in [2.05, 4.69) is 11.1 Å². The highest BCUT2D eigenvalue weighted by Gasteiger charge is 2.02. The van der Waals surface area contributed by atoms with E-state index in [4.69, 9.17) is 0 Å². The fourth-order valence-corrected chi connectivity index (χ4v) is 1.78. The maximum atomic E-state index is 11.6. The molecule has 2 heteroatoms. The molecule has 0 saturated heterocycles. The molecule has 0 amide bonds. The summed E-state index contributed by atoms with van der Waals surface area (Å²) in [6.07, 6.45) is 1.65. The molecule has 76 valence electrons. The minimum Gasteiger partial charge on any atom is -0.329 e. The van der Waals surface area contributed by atoms with Crippen LogP contribution in [0.25, 0.3) is 11.1 Å². The monoisotopic (exact) mass is 199 g/mol. The van der Waals surface area contributed by atoms with Crippen LogP contribution in [-0.2, 0) is 0 Å². The van der Waals surface area contributed by atoms with Crippen LogP contribution in [-0.4, -0.2) is 4.98 Å². The third-order valence-corrected chi connectivity index (χ3v) is 2.35. The van der Waals surface area contributed by atoms with Gasteiger partial charge in [-0.25, -0.2) is 0 Å². The number of aryl methyl sites for hydroxylation is 2. The van der Waals surface area contributed by atoms with Crippen molar-refractivity contribution in [1.29, 1.82) is 0 Å². The van der Waals surface area contributed by atoms with E-state index < -0.39 is 0 Å². The topological polar surface area (TPSA) is 32.9 Å². The van der Waals surface area contributed by atoms with Crippen LogP contribution in [0.15, 0.2) is 41.3 Å². The quantitative estimate of drug-likeness (QED) is 0.752. The number of H-pyrrole nitrogens is 1. The molecule has 2 nitrogen and oxygen atoms in total. The van der Waals surface area contributed by atoms with E-state index in [0.29, 0.717) is 0 Å². The molecule has 0 bridgehead atoms. The van der Waals surface area contributed by atoms with Crippen LogP contribution in [0.2, 0.25) is 0 Å². The van der Waals surface area contributed by atoms with Crippen molar-refractivity contribution in [2.75, 3.05) is 0 Å². The van der Waals surface area contributed by atoms with Crippen LogP contribution in [0.3, 0.4) is 0 Å². The summed E-state index contributed by atoms with van der Waals surface area (Å²) >= 11 is 0. The van der Waals surface area contributed by atoms with Crippen LogP contribution in [0.4, 0.5) is 0 Å². The third kappa shape index (κ3) is 1.99. The Morgan fingerprint density at radius 1 is 1.07 bits per heavy atom. The van der Waals surface area contributed by atoms with Crippen LogP contribution in [0, 0.1) is 13.8 Å². The van der Waals surface area contributed by atoms with Gasteiger partial charge in [0, 0.05) is 11.8 Å². The summed E-state index contributed by atoms with van der Waals surface area (Å²) < 4.78 is 0. The Hall–Kier alpha value is -1.83. The largest absolute Gasteiger partial charge is 0.329 e. The highest BCUT2D eigenvalue weighted by molar-refractivity contribution is 5.63. The highest BCUT2D eigenvalue weighted by Crippen LogP contribution is 2.18. The van der Waals surface area contributed by atoms with Crippen LogP contribution < -0.4 is 5.56 Å². The van der Waals surface area contributed by atoms with Gasteiger partial charge in [0.15, 0.2) is 0 Å². The SMILES string of the molecule is Cc1cc(C)cc(-c2ccc[nH]c2=O)c1. The molecule has 2 rings (SSSR count). The van der Waals surface area contributed by atoms with Crippen molar-refractivity contribution in [3.05, 3.63) is 58.0 Å². The van der Waals surface area contributed by atoms with Crippen molar-refractivity contribution in [1.82, 2.24) is 4.98 Å². The molecular weight excluding hydrogens is 186 g/mol. The lowest BCUT2D eigenvalue weighted by atomic mass is 10.0. The normalized spacial score (nSPS) is 10.3. The van der Waals surface area contributed by atoms with Crippen molar-refractivity contribution in [2.24, 2.45) is 0 Å². The third-order valence-electron chi connectivity index (χ3n) is 2.35. The Bertz CT molecular complexity index is 520. The van der Waals surface area contributed by atoms with E-state index in [-0.39, 0.29) is 5.56 Å². The van der Waals surface area contributed by atoms with Crippen LogP contribution in [0.5, 0.6) is 0 Å². The van der Waals surface area contributed by atoms with Crippen molar-refractivity contribution in [3.8, 4) is 11.1 Å². The molecular formula is C13H13NO. The van der Waals surface area contributed by atoms with Gasteiger partial charge < -0.3 is 4.98 Å². The average molecular weight is 199 g/mol. The van der Waals surface area contributed by atoms with Gasteiger partial charge in [-0.2, -0.15) is 0 Å². The molecule has 15 heavy (non-hydrogen) atoms. The molecule has 0 fully saturated rings. The Morgan fingerprint density at radius 3 is 2.33 bits per heavy atom. The summed E-state index contributed by atoms with van der Waals surface area (Å²) in [6.45, 7) is 4.07. The number of aromatic amines is 1. The fraction of sp³-hybridized carbons (Fsp3) is 0.154. The molecule has 1 aromatic heterocycles. The molecule has 0 saturated carbocycles. The minimum atomic E-state index is -0.0394. The Balaban J connectivity index is 2.64. The molecule has 1 heterocycles. The van der Waals surface area contributed by atoms with E-state index in [0.717, 1.165) is 11.1 Å². The minimum absolute atomic E-state index is 0.0394. The first-order valence-electron chi connectivity index (χ1n) is 4.93. The lowest BCUT2D eigenvalue weighted by Crippen LogP contribution is -2.07. The van der Waals surface area contributed by atoms with Gasteiger partial charge in [-0.15, -0.1) is 0 Å². The number of nitrogens with one attached hydrogen (secondary N) is 1. The Labute approximate surface area is 88.6 Å². The lowest BCUT2D eigenvalue weighted by Gasteiger charge is -2.03. The maximum Gasteiger partial charge on any atom is 0.255 e. The molecule has 2 aromatic rings. The summed E-state index contributed by atoms with van der Waals surface area (Å²) in [5, 5.41) is 0. The van der Waals surface area contributed by atoms with E-state index >= 15 is 0 Å². The van der Waals surface area contributed by atoms with E-state index in [1.165, 1.54) is 11.1 Å². The van der Waals surface area contributed by atoms with Crippen LogP contribution in [0.1, 0.15) is 11.1 Å². The van der Waals surface area contributed by atoms with Gasteiger partial charge in [0.1, 0.15) is 0 Å². The molecule has 0 radical (unpaired) electrons. The molecule has 0 unspecified atom stereocenters. The number of rotatable bonds is 1. The van der Waals surface area contributed by atoms with Gasteiger partial charge in [-0.1, -0.05) is 29.3 Å². The molecule has 0 aliphatic heterocycles. The Morgan fingerprint density at radius 2 is 1.73 bits per heavy atom. The molecule has 0 atom stereocenters. The van der Waals surface area contributed by atoms with Gasteiger partial charge in [-0.3, -0.25) is 4.79 Å². The fourth-order valence-electron chi connectivity index (χ4n) is 1.78. The first kappa shape index (κ1) is 9.71. The summed E-state index contributed by atoms with van der Waals surface area (Å²) in [5.41, 5.74) is 4.02. The summed E-state index contributed by atoms with van der Waals surface area (Å²) in [4.78, 5) is 14.3. The standard InChI is InChI=1S/C13H13NO/c1-9-6-10(2)8-11(7-9)12-4-3-5-14-13(12)15/h3-8H,1-2H3,(H,14,15). The number of hydrogen-bond acceptors (Lipinski definition) is 1. The van der Waals surface area contributed by atoms with Crippen molar-refractivity contribution in [2.45, 2.75) is 13.8 Å². The van der Waals surface area contributed by atoms with E-state index in [9.17, 15) is 4.79 Å². The molecule has 1 aromatic carbocycles. The van der Waals surface area contributed by atoms with E-state index in [1.54, 1.807) is 6.20 Å². The van der Waals surface area contributed by atoms with Crippen molar-refractivity contribution >= 4 is 0 Å². The first-order chi connectivity index (χ1) is 7.16. The second kappa shape index (κ2) is 3.73. The lowest BCUT2D eigenvalue weighted by molar-refractivity contribution is 1.24. The predicted octanol–water partition coefficient (Wildman–Crippen LogP) is 2.66. The molecule has 1 N–H and O–H groups in total. The zero-order valence-corrected chi connectivity index (χ0v) is 8.87. The molecule has 0 aliphatic carbocycles. The second-order valence-electron chi connectivity index (χ2n) is 3.79. The first-order valence-corrected chi connectivity index (χ1v) is 4.93. The molecule has 0 aliphatic rings. The van der Waals surface area contributed by atoms with Crippen molar-refractivity contribution in [3.63, 3.8) is 0 Å². The average Bonchev–Trinajstić information content (AvgIpc) is 2.16. The van der Waals surface area contributed by atoms with Gasteiger partial charge in [-0.05, 0) is 31.5 Å². The highest BCUT2D eigenvalue weighted by atomic mass is 16.1.